The van der Waals surface area contributed by atoms with E-state index in [4.69, 9.17) is 9.84 Å². The van der Waals surface area contributed by atoms with Crippen molar-refractivity contribution >= 4 is 23.5 Å². The number of nitrogens with one attached hydrogen (secondary N) is 2. The third kappa shape index (κ3) is 7.31. The number of para-hydroxylation sites is 1. The number of ether oxygens (including phenoxy) is 1. The van der Waals surface area contributed by atoms with Crippen molar-refractivity contribution in [1.29, 1.82) is 0 Å². The normalized spacial score (nSPS) is 17.5. The number of carbonyl (C=O) groups excluding carboxylic acids is 3. The standard InChI is InChI=1S/C38H39F3N6O4/c1-5-46-36-31(24(3)44-47(36)29-15-7-6-8-16-29)32(33(37(46)50)43-35(49)27-13-10-14-28(18-27)38(39,40)41)26-12-9-11-25(17-26)19-42-34(48)23(2)20-45(4)30-21-51-22-30/h6-18,30,32-33H,2,5,19-22H2,1,3-4H3,(H,42,48)(H,43,49)/t32-,33+/m0/s1. The molecule has 0 spiro atoms. The van der Waals surface area contributed by atoms with Gasteiger partial charge in [-0.1, -0.05) is 55.1 Å². The van der Waals surface area contributed by atoms with Crippen molar-refractivity contribution in [2.75, 3.05) is 38.3 Å². The molecule has 1 saturated heterocycles. The van der Waals surface area contributed by atoms with Crippen LogP contribution < -0.4 is 15.5 Å². The molecule has 51 heavy (non-hydrogen) atoms. The highest BCUT2D eigenvalue weighted by Crippen LogP contribution is 2.43. The minimum Gasteiger partial charge on any atom is -0.378 e. The molecule has 6 rings (SSSR count). The Balaban J connectivity index is 1.36. The lowest BCUT2D eigenvalue weighted by Crippen LogP contribution is -2.55. The van der Waals surface area contributed by atoms with E-state index >= 15 is 0 Å². The molecule has 0 unspecified atom stereocenters. The summed E-state index contributed by atoms with van der Waals surface area (Å²) in [6, 6.07) is 19.8. The Morgan fingerprint density at radius 1 is 1.04 bits per heavy atom. The van der Waals surface area contributed by atoms with Crippen molar-refractivity contribution < 1.29 is 32.3 Å². The lowest BCUT2D eigenvalue weighted by atomic mass is 9.80. The fourth-order valence-corrected chi connectivity index (χ4v) is 6.54. The van der Waals surface area contributed by atoms with Gasteiger partial charge < -0.3 is 15.4 Å². The summed E-state index contributed by atoms with van der Waals surface area (Å²) in [5.74, 6) is -1.79. The molecular weight excluding hydrogens is 661 g/mol. The molecule has 3 amide bonds. The molecule has 4 aromatic rings. The number of aromatic nitrogens is 2. The maximum atomic E-state index is 14.4. The third-order valence-electron chi connectivity index (χ3n) is 9.34. The number of aryl methyl sites for hydroxylation is 1. The Morgan fingerprint density at radius 3 is 2.43 bits per heavy atom. The van der Waals surface area contributed by atoms with Crippen LogP contribution in [-0.4, -0.2) is 77.8 Å². The van der Waals surface area contributed by atoms with Crippen LogP contribution in [0.5, 0.6) is 0 Å². The first-order valence-electron chi connectivity index (χ1n) is 16.6. The maximum Gasteiger partial charge on any atom is 0.416 e. The fraction of sp³-hybridized carbons (Fsp3) is 0.316. The summed E-state index contributed by atoms with van der Waals surface area (Å²) in [4.78, 5) is 44.6. The Hall–Kier alpha value is -5.27. The third-order valence-corrected chi connectivity index (χ3v) is 9.34. The second-order valence-electron chi connectivity index (χ2n) is 12.8. The molecule has 2 N–H and O–H groups in total. The van der Waals surface area contributed by atoms with E-state index < -0.39 is 35.5 Å². The first-order chi connectivity index (χ1) is 24.4. The van der Waals surface area contributed by atoms with Crippen LogP contribution in [0.1, 0.15) is 51.1 Å². The Morgan fingerprint density at radius 2 is 1.76 bits per heavy atom. The fourth-order valence-electron chi connectivity index (χ4n) is 6.54. The van der Waals surface area contributed by atoms with E-state index in [1.807, 2.05) is 67.4 Å². The average Bonchev–Trinajstić information content (AvgIpc) is 3.43. The van der Waals surface area contributed by atoms with E-state index in [0.29, 0.717) is 48.0 Å². The zero-order chi connectivity index (χ0) is 36.4. The van der Waals surface area contributed by atoms with Crippen molar-refractivity contribution in [1.82, 2.24) is 25.3 Å². The molecule has 3 aromatic carbocycles. The number of nitrogens with zero attached hydrogens (tertiary/aromatic N) is 4. The van der Waals surface area contributed by atoms with Crippen LogP contribution in [0.25, 0.3) is 5.69 Å². The van der Waals surface area contributed by atoms with E-state index in [1.54, 1.807) is 22.6 Å². The quantitative estimate of drug-likeness (QED) is 0.214. The molecule has 3 heterocycles. The number of hydrogen-bond acceptors (Lipinski definition) is 6. The summed E-state index contributed by atoms with van der Waals surface area (Å²) in [6.45, 7) is 9.61. The average molecular weight is 701 g/mol. The number of anilines is 1. The zero-order valence-corrected chi connectivity index (χ0v) is 28.5. The van der Waals surface area contributed by atoms with Gasteiger partial charge in [-0.15, -0.1) is 0 Å². The molecule has 1 aromatic heterocycles. The lowest BCUT2D eigenvalue weighted by molar-refractivity contribution is -0.137. The Kier molecular flexibility index (Phi) is 10.1. The molecular formula is C38H39F3N6O4. The van der Waals surface area contributed by atoms with Gasteiger partial charge in [0.25, 0.3) is 11.8 Å². The number of alkyl halides is 3. The summed E-state index contributed by atoms with van der Waals surface area (Å²) >= 11 is 0. The molecule has 0 radical (unpaired) electrons. The number of amides is 3. The first kappa shape index (κ1) is 35.6. The largest absolute Gasteiger partial charge is 0.416 e. The minimum absolute atomic E-state index is 0.167. The highest BCUT2D eigenvalue weighted by Gasteiger charge is 2.45. The van der Waals surface area contributed by atoms with Crippen molar-refractivity contribution in [3.8, 4) is 5.69 Å². The Labute approximate surface area is 293 Å². The minimum atomic E-state index is -4.65. The first-order valence-corrected chi connectivity index (χ1v) is 16.6. The molecule has 13 heteroatoms. The van der Waals surface area contributed by atoms with Gasteiger partial charge in [0.05, 0.1) is 36.2 Å². The van der Waals surface area contributed by atoms with Crippen LogP contribution in [0.4, 0.5) is 19.0 Å². The summed E-state index contributed by atoms with van der Waals surface area (Å²) in [6.07, 6.45) is -4.65. The molecule has 2 atom stereocenters. The van der Waals surface area contributed by atoms with Crippen LogP contribution in [0.15, 0.2) is 91.0 Å². The number of rotatable bonds is 11. The summed E-state index contributed by atoms with van der Waals surface area (Å²) in [7, 11) is 1.92. The highest BCUT2D eigenvalue weighted by molar-refractivity contribution is 6.05. The van der Waals surface area contributed by atoms with Crippen molar-refractivity contribution in [2.45, 2.75) is 44.6 Å². The number of fused-ring (bicyclic) bond motifs is 1. The predicted molar refractivity (Wildman–Crippen MR) is 186 cm³/mol. The number of likely N-dealkylation sites (N-methyl/N-ethyl adjacent to an activating group) is 2. The second-order valence-corrected chi connectivity index (χ2v) is 12.8. The molecule has 0 bridgehead atoms. The van der Waals surface area contributed by atoms with E-state index in [9.17, 15) is 27.6 Å². The highest BCUT2D eigenvalue weighted by atomic mass is 19.4. The maximum absolute atomic E-state index is 14.4. The van der Waals surface area contributed by atoms with Crippen molar-refractivity contribution in [3.63, 3.8) is 0 Å². The lowest BCUT2D eigenvalue weighted by Gasteiger charge is -2.38. The topological polar surface area (TPSA) is 109 Å². The van der Waals surface area contributed by atoms with Gasteiger partial charge in [0, 0.05) is 42.3 Å². The molecule has 266 valence electrons. The van der Waals surface area contributed by atoms with Gasteiger partial charge in [0.15, 0.2) is 0 Å². The summed E-state index contributed by atoms with van der Waals surface area (Å²) < 4.78 is 47.6. The zero-order valence-electron chi connectivity index (χ0n) is 28.5. The van der Waals surface area contributed by atoms with Crippen LogP contribution in [-0.2, 0) is 27.0 Å². The van der Waals surface area contributed by atoms with Gasteiger partial charge in [-0.05, 0) is 62.4 Å². The van der Waals surface area contributed by atoms with Crippen LogP contribution in [0.3, 0.4) is 0 Å². The number of carbonyl (C=O) groups is 3. The van der Waals surface area contributed by atoms with E-state index in [0.717, 1.165) is 29.4 Å². The van der Waals surface area contributed by atoms with Crippen molar-refractivity contribution in [2.24, 2.45) is 0 Å². The molecule has 0 saturated carbocycles. The van der Waals surface area contributed by atoms with Gasteiger partial charge in [-0.2, -0.15) is 18.3 Å². The van der Waals surface area contributed by atoms with E-state index in [1.165, 1.54) is 6.07 Å². The SMILES string of the molecule is C=C(CN(C)C1COC1)C(=O)NCc1cccc([C@H]2c3c(C)nn(-c4ccccc4)c3N(CC)C(=O)[C@@H]2NC(=O)c2cccc(C(F)(F)F)c2)c1. The number of hydrogen-bond donors (Lipinski definition) is 2. The smallest absolute Gasteiger partial charge is 0.378 e. The number of halogens is 3. The Bertz CT molecular complexity index is 1960. The van der Waals surface area contributed by atoms with Gasteiger partial charge in [0.2, 0.25) is 5.91 Å². The molecule has 2 aliphatic heterocycles. The van der Waals surface area contributed by atoms with Crippen molar-refractivity contribution in [3.05, 3.63) is 125 Å². The number of benzene rings is 3. The molecule has 1 fully saturated rings. The van der Waals surface area contributed by atoms with Gasteiger partial charge in [-0.25, -0.2) is 4.68 Å². The van der Waals surface area contributed by atoms with Crippen LogP contribution in [0.2, 0.25) is 0 Å². The van der Waals surface area contributed by atoms with Crippen LogP contribution >= 0.6 is 0 Å². The van der Waals surface area contributed by atoms with Gasteiger partial charge in [0.1, 0.15) is 11.9 Å². The molecule has 10 nitrogen and oxygen atoms in total. The molecule has 2 aliphatic rings. The molecule has 0 aliphatic carbocycles. The van der Waals surface area contributed by atoms with E-state index in [-0.39, 0.29) is 30.6 Å². The second kappa shape index (κ2) is 14.5. The monoisotopic (exact) mass is 700 g/mol. The van der Waals surface area contributed by atoms with Gasteiger partial charge >= 0.3 is 6.18 Å². The predicted octanol–water partition coefficient (Wildman–Crippen LogP) is 5.00. The van der Waals surface area contributed by atoms with Gasteiger partial charge in [-0.3, -0.25) is 24.2 Å². The summed E-state index contributed by atoms with van der Waals surface area (Å²) in [5, 5.41) is 10.5. The van der Waals surface area contributed by atoms with E-state index in [2.05, 4.69) is 17.2 Å². The van der Waals surface area contributed by atoms with Crippen LogP contribution in [0, 0.1) is 6.92 Å². The summed E-state index contributed by atoms with van der Waals surface area (Å²) in [5.41, 5.74) is 2.62.